The molecule has 0 aliphatic heterocycles. The first-order valence-electron chi connectivity index (χ1n) is 22.4. The molecule has 2 aliphatic rings. The highest BCUT2D eigenvalue weighted by atomic mass is 16.3. The van der Waals surface area contributed by atoms with Crippen molar-refractivity contribution in [2.45, 2.75) is 44.4 Å². The molecule has 0 fully saturated rings. The van der Waals surface area contributed by atoms with Gasteiger partial charge in [-0.15, -0.1) is 0 Å². The second kappa shape index (κ2) is 15.3. The van der Waals surface area contributed by atoms with Crippen LogP contribution in [0.1, 0.15) is 70.7 Å². The molecule has 0 saturated carbocycles. The number of nitrogens with zero attached hydrogens (tertiary/aromatic N) is 3. The molecule has 1 unspecified atom stereocenters. The predicted octanol–water partition coefficient (Wildman–Crippen LogP) is 14.9. The van der Waals surface area contributed by atoms with Crippen LogP contribution in [0.3, 0.4) is 0 Å². The van der Waals surface area contributed by atoms with Crippen molar-refractivity contribution in [3.8, 4) is 45.3 Å². The van der Waals surface area contributed by atoms with Gasteiger partial charge in [-0.05, 0) is 98.7 Å². The first-order valence-corrected chi connectivity index (χ1v) is 22.4. The molecule has 2 aliphatic carbocycles. The lowest BCUT2D eigenvalue weighted by Gasteiger charge is -2.37. The van der Waals surface area contributed by atoms with Gasteiger partial charge in [-0.1, -0.05) is 190 Å². The van der Waals surface area contributed by atoms with Crippen LogP contribution in [0.15, 0.2) is 192 Å². The van der Waals surface area contributed by atoms with Crippen LogP contribution >= 0.6 is 0 Å². The van der Waals surface area contributed by atoms with Crippen LogP contribution in [0.5, 0.6) is 0 Å². The van der Waals surface area contributed by atoms with Crippen molar-refractivity contribution in [3.05, 3.63) is 233 Å². The van der Waals surface area contributed by atoms with E-state index >= 15 is 0 Å². The Morgan fingerprint density at radius 3 is 1.91 bits per heavy atom. The summed E-state index contributed by atoms with van der Waals surface area (Å²) in [5.41, 5.74) is 19.1. The number of benzene rings is 8. The van der Waals surface area contributed by atoms with E-state index in [0.717, 1.165) is 63.5 Å². The zero-order valence-electron chi connectivity index (χ0n) is 35.9. The fourth-order valence-corrected chi connectivity index (χ4v) is 10.5. The molecule has 12 rings (SSSR count). The van der Waals surface area contributed by atoms with Crippen LogP contribution < -0.4 is 0 Å². The van der Waals surface area contributed by atoms with Crippen LogP contribution in [0.25, 0.3) is 78.9 Å². The SMILES string of the molecule is CC1(C)c2cc3c(cc2CCC(c2ccccc2)c2ccccc21)-c1ccccc1/C(=C\c1ccc2oc4c(-c5nc(-c6ccccc6)nc(-c6ccccc6)n5)cccc4c2c1)C3. The van der Waals surface area contributed by atoms with Crippen molar-refractivity contribution in [3.63, 3.8) is 0 Å². The van der Waals surface area contributed by atoms with Gasteiger partial charge in [0.15, 0.2) is 17.5 Å². The van der Waals surface area contributed by atoms with Crippen LogP contribution in [0.4, 0.5) is 0 Å². The molecular formula is C60H45N3O. The third kappa shape index (κ3) is 6.48. The van der Waals surface area contributed by atoms with Gasteiger partial charge in [-0.2, -0.15) is 0 Å². The minimum Gasteiger partial charge on any atom is -0.455 e. The Morgan fingerprint density at radius 2 is 1.16 bits per heavy atom. The molecule has 0 saturated heterocycles. The van der Waals surface area contributed by atoms with Crippen molar-refractivity contribution in [1.82, 2.24) is 15.0 Å². The molecule has 0 N–H and O–H groups in total. The third-order valence-electron chi connectivity index (χ3n) is 13.7. The number of fused-ring (bicyclic) bond motifs is 8. The lowest BCUT2D eigenvalue weighted by atomic mass is 9.67. The molecule has 64 heavy (non-hydrogen) atoms. The van der Waals surface area contributed by atoms with Crippen molar-refractivity contribution in [1.29, 1.82) is 0 Å². The molecule has 0 amide bonds. The van der Waals surface area contributed by atoms with Gasteiger partial charge in [0.2, 0.25) is 0 Å². The normalized spacial score (nSPS) is 15.8. The molecule has 4 nitrogen and oxygen atoms in total. The molecule has 0 radical (unpaired) electrons. The average Bonchev–Trinajstić information content (AvgIpc) is 3.73. The van der Waals surface area contributed by atoms with Crippen LogP contribution in [-0.2, 0) is 18.3 Å². The van der Waals surface area contributed by atoms with Crippen molar-refractivity contribution < 1.29 is 4.42 Å². The average molecular weight is 824 g/mol. The van der Waals surface area contributed by atoms with Crippen LogP contribution in [0.2, 0.25) is 0 Å². The number of furan rings is 1. The molecule has 1 atom stereocenters. The quantitative estimate of drug-likeness (QED) is 0.173. The Kier molecular flexibility index (Phi) is 9.08. The molecule has 8 aromatic carbocycles. The summed E-state index contributed by atoms with van der Waals surface area (Å²) < 4.78 is 6.70. The Morgan fingerprint density at radius 1 is 0.516 bits per heavy atom. The number of hydrogen-bond donors (Lipinski definition) is 0. The van der Waals surface area contributed by atoms with Crippen molar-refractivity contribution in [2.24, 2.45) is 0 Å². The van der Waals surface area contributed by atoms with E-state index in [1.807, 2.05) is 66.7 Å². The second-order valence-electron chi connectivity index (χ2n) is 17.9. The van der Waals surface area contributed by atoms with Crippen LogP contribution in [0, 0.1) is 0 Å². The molecule has 0 bridgehead atoms. The number of hydrogen-bond acceptors (Lipinski definition) is 4. The van der Waals surface area contributed by atoms with Gasteiger partial charge in [0.25, 0.3) is 0 Å². The zero-order chi connectivity index (χ0) is 42.8. The van der Waals surface area contributed by atoms with Gasteiger partial charge in [0, 0.05) is 33.2 Å². The molecule has 0 spiro atoms. The Balaban J connectivity index is 0.944. The van der Waals surface area contributed by atoms with Gasteiger partial charge in [-0.3, -0.25) is 0 Å². The highest BCUT2D eigenvalue weighted by Gasteiger charge is 2.35. The minimum absolute atomic E-state index is 0.172. The molecule has 10 aromatic rings. The number of aryl methyl sites for hydroxylation is 1. The standard InChI is InChI=1S/C60H45N3O/c1-60(2)53-28-15-14-25-48(53)46(39-17-6-3-7-18-39)31-30-42-36-51-44(37-54(42)60)35-43(45-23-12-13-24-47(45)51)33-38-29-32-55-52(34-38)49-26-16-27-50(56(49)64-55)59-62-57(40-19-8-4-9-20-40)61-58(63-59)41-21-10-5-11-22-41/h3-29,32-34,36-37,46H,30-31,35H2,1-2H3/b43-33-. The smallest absolute Gasteiger partial charge is 0.167 e. The monoisotopic (exact) mass is 823 g/mol. The number of para-hydroxylation sites is 1. The molecule has 2 heterocycles. The Hall–Kier alpha value is -7.69. The zero-order valence-corrected chi connectivity index (χ0v) is 35.9. The first kappa shape index (κ1) is 38.0. The maximum absolute atomic E-state index is 6.70. The number of aromatic nitrogens is 3. The van der Waals surface area contributed by atoms with Gasteiger partial charge < -0.3 is 4.42 Å². The summed E-state index contributed by atoms with van der Waals surface area (Å²) >= 11 is 0. The highest BCUT2D eigenvalue weighted by molar-refractivity contribution is 6.10. The van der Waals surface area contributed by atoms with Crippen molar-refractivity contribution >= 4 is 33.6 Å². The van der Waals surface area contributed by atoms with E-state index in [0.29, 0.717) is 23.4 Å². The topological polar surface area (TPSA) is 51.8 Å². The fourth-order valence-electron chi connectivity index (χ4n) is 10.5. The van der Waals surface area contributed by atoms with Crippen molar-refractivity contribution in [2.75, 3.05) is 0 Å². The van der Waals surface area contributed by atoms with E-state index in [9.17, 15) is 0 Å². The third-order valence-corrected chi connectivity index (χ3v) is 13.7. The second-order valence-corrected chi connectivity index (χ2v) is 17.9. The van der Waals surface area contributed by atoms with E-state index in [-0.39, 0.29) is 5.41 Å². The Labute approximate surface area is 373 Å². The highest BCUT2D eigenvalue weighted by Crippen LogP contribution is 2.48. The fraction of sp³-hybridized carbons (Fsp3) is 0.117. The lowest BCUT2D eigenvalue weighted by Crippen LogP contribution is -2.27. The predicted molar refractivity (Wildman–Crippen MR) is 262 cm³/mol. The van der Waals surface area contributed by atoms with Gasteiger partial charge in [0.1, 0.15) is 11.2 Å². The maximum atomic E-state index is 6.70. The summed E-state index contributed by atoms with van der Waals surface area (Å²) in [4.78, 5) is 15.0. The Bertz CT molecular complexity index is 3380. The summed E-state index contributed by atoms with van der Waals surface area (Å²) in [6.07, 6.45) is 5.34. The van der Waals surface area contributed by atoms with Gasteiger partial charge in [-0.25, -0.2) is 15.0 Å². The van der Waals surface area contributed by atoms with E-state index in [4.69, 9.17) is 19.4 Å². The summed E-state index contributed by atoms with van der Waals surface area (Å²) in [5.74, 6) is 2.17. The summed E-state index contributed by atoms with van der Waals surface area (Å²) in [6, 6.07) is 67.3. The summed E-state index contributed by atoms with van der Waals surface area (Å²) in [6.45, 7) is 4.86. The van der Waals surface area contributed by atoms with E-state index in [1.54, 1.807) is 0 Å². The molecular weight excluding hydrogens is 779 g/mol. The molecule has 4 heteroatoms. The lowest BCUT2D eigenvalue weighted by molar-refractivity contribution is 0.582. The largest absolute Gasteiger partial charge is 0.455 e. The summed E-state index contributed by atoms with van der Waals surface area (Å²) in [7, 11) is 0. The maximum Gasteiger partial charge on any atom is 0.167 e. The van der Waals surface area contributed by atoms with E-state index in [2.05, 4.69) is 141 Å². The number of rotatable bonds is 5. The van der Waals surface area contributed by atoms with Gasteiger partial charge in [0.05, 0.1) is 5.56 Å². The van der Waals surface area contributed by atoms with Crippen LogP contribution in [-0.4, -0.2) is 15.0 Å². The first-order chi connectivity index (χ1) is 31.5. The van der Waals surface area contributed by atoms with Gasteiger partial charge >= 0.3 is 0 Å². The van der Waals surface area contributed by atoms with E-state index < -0.39 is 0 Å². The molecule has 306 valence electrons. The number of allylic oxidation sites excluding steroid dienone is 1. The van der Waals surface area contributed by atoms with E-state index in [1.165, 1.54) is 55.6 Å². The minimum atomic E-state index is -0.172. The summed E-state index contributed by atoms with van der Waals surface area (Å²) in [5, 5.41) is 2.09. The molecule has 2 aromatic heterocycles.